The predicted molar refractivity (Wildman–Crippen MR) is 102 cm³/mol. The van der Waals surface area contributed by atoms with Gasteiger partial charge in [0.1, 0.15) is 5.69 Å². The van der Waals surface area contributed by atoms with Gasteiger partial charge in [0.05, 0.1) is 0 Å². The van der Waals surface area contributed by atoms with E-state index in [1.54, 1.807) is 12.1 Å². The van der Waals surface area contributed by atoms with Gasteiger partial charge >= 0.3 is 0 Å². The topological polar surface area (TPSA) is 65.5 Å². The number of anilines is 1. The highest BCUT2D eigenvalue weighted by Crippen LogP contribution is 2.15. The molecule has 0 unspecified atom stereocenters. The first-order valence-corrected chi connectivity index (χ1v) is 8.76. The number of carbonyl (C=O) groups is 2. The molecule has 1 aliphatic heterocycles. The zero-order valence-corrected chi connectivity index (χ0v) is 15.5. The number of hydrogen-bond acceptors (Lipinski definition) is 4. The van der Waals surface area contributed by atoms with E-state index in [0.29, 0.717) is 18.7 Å². The SMILES string of the molecule is Cc1cc(C)cc(NC(=O)c2cc(C(=O)N3CCN(C)CC3)ccn2)c1. The van der Waals surface area contributed by atoms with Gasteiger partial charge in [-0.1, -0.05) is 6.07 Å². The van der Waals surface area contributed by atoms with Gasteiger partial charge in [0, 0.05) is 43.6 Å². The van der Waals surface area contributed by atoms with Gasteiger partial charge in [-0.3, -0.25) is 14.6 Å². The van der Waals surface area contributed by atoms with E-state index in [0.717, 1.165) is 29.9 Å². The maximum atomic E-state index is 12.7. The number of nitrogens with zero attached hydrogens (tertiary/aromatic N) is 3. The molecule has 0 radical (unpaired) electrons. The fourth-order valence-electron chi connectivity index (χ4n) is 3.12. The van der Waals surface area contributed by atoms with Crippen LogP contribution in [0.25, 0.3) is 0 Å². The lowest BCUT2D eigenvalue weighted by molar-refractivity contribution is 0.0664. The Hall–Kier alpha value is -2.73. The van der Waals surface area contributed by atoms with Crippen molar-refractivity contribution in [1.82, 2.24) is 14.8 Å². The summed E-state index contributed by atoms with van der Waals surface area (Å²) in [5, 5.41) is 2.86. The fraction of sp³-hybridized carbons (Fsp3) is 0.350. The minimum atomic E-state index is -0.317. The molecule has 6 heteroatoms. The van der Waals surface area contributed by atoms with E-state index in [1.165, 1.54) is 6.20 Å². The van der Waals surface area contributed by atoms with E-state index in [2.05, 4.69) is 15.2 Å². The normalized spacial score (nSPS) is 15.0. The lowest BCUT2D eigenvalue weighted by atomic mass is 10.1. The van der Waals surface area contributed by atoms with Crippen LogP contribution in [0.3, 0.4) is 0 Å². The molecule has 2 amide bonds. The number of amides is 2. The Kier molecular flexibility index (Phi) is 5.32. The highest BCUT2D eigenvalue weighted by molar-refractivity contribution is 6.04. The van der Waals surface area contributed by atoms with E-state index in [9.17, 15) is 9.59 Å². The van der Waals surface area contributed by atoms with E-state index >= 15 is 0 Å². The van der Waals surface area contributed by atoms with Gasteiger partial charge < -0.3 is 15.1 Å². The molecule has 1 aromatic carbocycles. The predicted octanol–water partition coefficient (Wildman–Crippen LogP) is 2.34. The first-order chi connectivity index (χ1) is 12.4. The molecule has 0 atom stereocenters. The summed E-state index contributed by atoms with van der Waals surface area (Å²) in [6.07, 6.45) is 1.51. The monoisotopic (exact) mass is 352 g/mol. The van der Waals surface area contributed by atoms with E-state index in [1.807, 2.05) is 44.0 Å². The zero-order valence-electron chi connectivity index (χ0n) is 15.5. The molecule has 0 bridgehead atoms. The number of pyridine rings is 1. The molecule has 26 heavy (non-hydrogen) atoms. The van der Waals surface area contributed by atoms with E-state index in [-0.39, 0.29) is 17.5 Å². The van der Waals surface area contributed by atoms with Crippen molar-refractivity contribution in [2.45, 2.75) is 13.8 Å². The maximum absolute atomic E-state index is 12.7. The summed E-state index contributed by atoms with van der Waals surface area (Å²) in [6.45, 7) is 7.07. The third kappa shape index (κ3) is 4.26. The molecule has 1 aliphatic rings. The summed E-state index contributed by atoms with van der Waals surface area (Å²) in [7, 11) is 2.05. The summed E-state index contributed by atoms with van der Waals surface area (Å²) < 4.78 is 0. The lowest BCUT2D eigenvalue weighted by Crippen LogP contribution is -2.47. The Labute approximate surface area is 153 Å². The number of piperazine rings is 1. The van der Waals surface area contributed by atoms with Crippen LogP contribution < -0.4 is 5.32 Å². The van der Waals surface area contributed by atoms with Gasteiger partial charge in [0.25, 0.3) is 11.8 Å². The second kappa shape index (κ2) is 7.66. The van der Waals surface area contributed by atoms with Crippen LogP contribution in [0.1, 0.15) is 32.0 Å². The van der Waals surface area contributed by atoms with Crippen molar-refractivity contribution in [3.05, 3.63) is 58.9 Å². The van der Waals surface area contributed by atoms with Gasteiger partial charge in [-0.15, -0.1) is 0 Å². The molecule has 136 valence electrons. The first-order valence-electron chi connectivity index (χ1n) is 8.76. The van der Waals surface area contributed by atoms with Crippen molar-refractivity contribution in [3.8, 4) is 0 Å². The summed E-state index contributed by atoms with van der Waals surface area (Å²) in [5.41, 5.74) is 3.61. The summed E-state index contributed by atoms with van der Waals surface area (Å²) in [4.78, 5) is 33.3. The molecule has 1 saturated heterocycles. The van der Waals surface area contributed by atoms with Crippen LogP contribution in [0.5, 0.6) is 0 Å². The van der Waals surface area contributed by atoms with Crippen molar-refractivity contribution in [1.29, 1.82) is 0 Å². The van der Waals surface area contributed by atoms with Crippen LogP contribution in [-0.4, -0.2) is 59.8 Å². The number of rotatable bonds is 3. The smallest absolute Gasteiger partial charge is 0.274 e. The maximum Gasteiger partial charge on any atom is 0.274 e. The molecule has 2 aromatic rings. The number of nitrogens with one attached hydrogen (secondary N) is 1. The average Bonchev–Trinajstić information content (AvgIpc) is 2.61. The summed E-state index contributed by atoms with van der Waals surface area (Å²) in [6, 6.07) is 9.09. The largest absolute Gasteiger partial charge is 0.336 e. The molecule has 1 fully saturated rings. The van der Waals surface area contributed by atoms with Gasteiger partial charge in [0.15, 0.2) is 0 Å². The molecular weight excluding hydrogens is 328 g/mol. The van der Waals surface area contributed by atoms with E-state index < -0.39 is 0 Å². The lowest BCUT2D eigenvalue weighted by Gasteiger charge is -2.32. The van der Waals surface area contributed by atoms with Gasteiger partial charge in [-0.2, -0.15) is 0 Å². The van der Waals surface area contributed by atoms with Crippen LogP contribution >= 0.6 is 0 Å². The number of aromatic nitrogens is 1. The molecule has 3 rings (SSSR count). The fourth-order valence-corrected chi connectivity index (χ4v) is 3.12. The first kappa shape index (κ1) is 18.1. The minimum absolute atomic E-state index is 0.0547. The number of carbonyl (C=O) groups excluding carboxylic acids is 2. The number of hydrogen-bond donors (Lipinski definition) is 1. The van der Waals surface area contributed by atoms with Crippen LogP contribution in [0.4, 0.5) is 5.69 Å². The highest BCUT2D eigenvalue weighted by atomic mass is 16.2. The minimum Gasteiger partial charge on any atom is -0.336 e. The summed E-state index contributed by atoms with van der Waals surface area (Å²) in [5.74, 6) is -0.371. The third-order valence-electron chi connectivity index (χ3n) is 4.51. The molecule has 1 aromatic heterocycles. The molecule has 0 saturated carbocycles. The zero-order chi connectivity index (χ0) is 18.7. The molecule has 0 spiro atoms. The highest BCUT2D eigenvalue weighted by Gasteiger charge is 2.21. The van der Waals surface area contributed by atoms with Crippen LogP contribution in [0, 0.1) is 13.8 Å². The Morgan fingerprint density at radius 1 is 1.00 bits per heavy atom. The molecular formula is C20H24N4O2. The second-order valence-electron chi connectivity index (χ2n) is 6.86. The van der Waals surface area contributed by atoms with Crippen molar-refractivity contribution in [3.63, 3.8) is 0 Å². The number of likely N-dealkylation sites (N-methyl/N-ethyl adjacent to an activating group) is 1. The molecule has 1 N–H and O–H groups in total. The Bertz CT molecular complexity index is 806. The van der Waals surface area contributed by atoms with Crippen LogP contribution in [0.15, 0.2) is 36.5 Å². The van der Waals surface area contributed by atoms with Gasteiger partial charge in [-0.25, -0.2) is 0 Å². The van der Waals surface area contributed by atoms with Crippen molar-refractivity contribution in [2.24, 2.45) is 0 Å². The molecule has 0 aliphatic carbocycles. The van der Waals surface area contributed by atoms with Crippen molar-refractivity contribution < 1.29 is 9.59 Å². The van der Waals surface area contributed by atoms with Crippen LogP contribution in [0.2, 0.25) is 0 Å². The Morgan fingerprint density at radius 2 is 1.65 bits per heavy atom. The number of benzene rings is 1. The Balaban J connectivity index is 1.74. The van der Waals surface area contributed by atoms with Gasteiger partial charge in [-0.05, 0) is 56.3 Å². The number of aryl methyl sites for hydroxylation is 2. The third-order valence-corrected chi connectivity index (χ3v) is 4.51. The standard InChI is InChI=1S/C20H24N4O2/c1-14-10-15(2)12-17(11-14)22-19(25)18-13-16(4-5-21-18)20(26)24-8-6-23(3)7-9-24/h4-5,10-13H,6-9H2,1-3H3,(H,22,25). The second-order valence-corrected chi connectivity index (χ2v) is 6.86. The van der Waals surface area contributed by atoms with Crippen molar-refractivity contribution >= 4 is 17.5 Å². The molecule has 6 nitrogen and oxygen atoms in total. The summed E-state index contributed by atoms with van der Waals surface area (Å²) >= 11 is 0. The average molecular weight is 352 g/mol. The Morgan fingerprint density at radius 3 is 2.31 bits per heavy atom. The van der Waals surface area contributed by atoms with Gasteiger partial charge in [0.2, 0.25) is 0 Å². The quantitative estimate of drug-likeness (QED) is 0.921. The molecule has 2 heterocycles. The van der Waals surface area contributed by atoms with E-state index in [4.69, 9.17) is 0 Å². The van der Waals surface area contributed by atoms with Crippen molar-refractivity contribution in [2.75, 3.05) is 38.5 Å². The van der Waals surface area contributed by atoms with Crippen LogP contribution in [-0.2, 0) is 0 Å².